The summed E-state index contributed by atoms with van der Waals surface area (Å²) in [7, 11) is -2.85. The van der Waals surface area contributed by atoms with Crippen molar-refractivity contribution in [1.29, 1.82) is 0 Å². The van der Waals surface area contributed by atoms with Gasteiger partial charge in [0.25, 0.3) is 0 Å². The third-order valence-electron chi connectivity index (χ3n) is 3.61. The Bertz CT molecular complexity index is 884. The largest absolute Gasteiger partial charge is 0.383 e. The Morgan fingerprint density at radius 1 is 1.22 bits per heavy atom. The van der Waals surface area contributed by atoms with E-state index in [0.29, 0.717) is 37.6 Å². The van der Waals surface area contributed by atoms with E-state index in [0.717, 1.165) is 9.09 Å². The zero-order valence-electron chi connectivity index (χ0n) is 12.2. The second kappa shape index (κ2) is 6.58. The number of anilines is 1. The summed E-state index contributed by atoms with van der Waals surface area (Å²) in [4.78, 5) is 10.2. The van der Waals surface area contributed by atoms with Gasteiger partial charge in [0.2, 0.25) is 0 Å². The van der Waals surface area contributed by atoms with Crippen LogP contribution in [0.25, 0.3) is 11.0 Å². The molecule has 0 aliphatic carbocycles. The smallest absolute Gasteiger partial charge is 0.165 e. The van der Waals surface area contributed by atoms with Crippen LogP contribution in [0.1, 0.15) is 0 Å². The number of nitrogens with two attached hydrogens (primary N) is 1. The molecule has 0 spiro atoms. The number of halogens is 1. The van der Waals surface area contributed by atoms with E-state index in [1.807, 2.05) is 4.90 Å². The van der Waals surface area contributed by atoms with E-state index in [1.54, 1.807) is 4.68 Å². The number of sulfone groups is 1. The van der Waals surface area contributed by atoms with E-state index in [-0.39, 0.29) is 11.5 Å². The molecule has 23 heavy (non-hydrogen) atoms. The van der Waals surface area contributed by atoms with Gasteiger partial charge in [0.05, 0.1) is 23.4 Å². The molecule has 1 fully saturated rings. The lowest BCUT2D eigenvalue weighted by Gasteiger charge is -2.24. The molecule has 0 aromatic carbocycles. The van der Waals surface area contributed by atoms with Crippen LogP contribution in [-0.2, 0) is 16.4 Å². The van der Waals surface area contributed by atoms with Gasteiger partial charge in [0.15, 0.2) is 15.5 Å². The van der Waals surface area contributed by atoms with Crippen molar-refractivity contribution in [1.82, 2.24) is 24.6 Å². The third-order valence-corrected chi connectivity index (χ3v) is 5.97. The lowest BCUT2D eigenvalue weighted by atomic mass is 10.4. The normalized spacial score (nSPS) is 17.8. The Morgan fingerprint density at radius 2 is 1.91 bits per heavy atom. The molecule has 0 radical (unpaired) electrons. The molecule has 2 N–H and O–H groups in total. The summed E-state index contributed by atoms with van der Waals surface area (Å²) in [5.74, 6) is 6.95. The van der Waals surface area contributed by atoms with Crippen molar-refractivity contribution in [3.63, 3.8) is 0 Å². The topological polar surface area (TPSA) is 107 Å². The summed E-state index contributed by atoms with van der Waals surface area (Å²) in [6.07, 6.45) is 1.41. The maximum absolute atomic E-state index is 11.4. The second-order valence-corrected chi connectivity index (χ2v) is 8.51. The Hall–Kier alpha value is -1.45. The highest BCUT2D eigenvalue weighted by Gasteiger charge is 2.20. The zero-order valence-corrected chi connectivity index (χ0v) is 15.2. The fourth-order valence-electron chi connectivity index (χ4n) is 2.30. The number of fused-ring (bicyclic) bond motifs is 1. The van der Waals surface area contributed by atoms with Crippen LogP contribution in [-0.4, -0.2) is 64.2 Å². The maximum Gasteiger partial charge on any atom is 0.165 e. The standard InChI is InChI=1S/C13H15IN6O2S/c14-11-10-12(15)16-9-17-13(10)20(18-11)4-2-1-3-19-5-7-23(21,22)8-6-19/h9H,3-8H2,(H2,15,16,17). The van der Waals surface area contributed by atoms with Crippen molar-refractivity contribution >= 4 is 49.3 Å². The molecule has 1 aliphatic rings. The lowest BCUT2D eigenvalue weighted by Crippen LogP contribution is -2.40. The van der Waals surface area contributed by atoms with Crippen molar-refractivity contribution in [2.45, 2.75) is 6.54 Å². The van der Waals surface area contributed by atoms with Crippen LogP contribution in [0.15, 0.2) is 6.33 Å². The number of hydrogen-bond acceptors (Lipinski definition) is 7. The van der Waals surface area contributed by atoms with Crippen LogP contribution in [0.3, 0.4) is 0 Å². The zero-order chi connectivity index (χ0) is 16.4. The molecule has 0 unspecified atom stereocenters. The first kappa shape index (κ1) is 16.4. The van der Waals surface area contributed by atoms with Gasteiger partial charge in [-0.1, -0.05) is 11.8 Å². The number of nitrogens with zero attached hydrogens (tertiary/aromatic N) is 5. The molecule has 0 atom stereocenters. The highest BCUT2D eigenvalue weighted by Crippen LogP contribution is 2.22. The van der Waals surface area contributed by atoms with Gasteiger partial charge in [-0.3, -0.25) is 4.90 Å². The minimum atomic E-state index is -2.85. The first-order valence-corrected chi connectivity index (χ1v) is 9.87. The van der Waals surface area contributed by atoms with E-state index >= 15 is 0 Å². The molecule has 0 saturated carbocycles. The van der Waals surface area contributed by atoms with Gasteiger partial charge < -0.3 is 5.73 Å². The van der Waals surface area contributed by atoms with Crippen LogP contribution < -0.4 is 5.73 Å². The van der Waals surface area contributed by atoms with Gasteiger partial charge in [-0.2, -0.15) is 5.10 Å². The second-order valence-electron chi connectivity index (χ2n) is 5.19. The molecule has 0 bridgehead atoms. The lowest BCUT2D eigenvalue weighted by molar-refractivity contribution is 0.331. The molecule has 2 aromatic rings. The van der Waals surface area contributed by atoms with Crippen LogP contribution in [0.4, 0.5) is 5.82 Å². The minimum absolute atomic E-state index is 0.215. The Morgan fingerprint density at radius 3 is 2.65 bits per heavy atom. The van der Waals surface area contributed by atoms with E-state index in [4.69, 9.17) is 5.73 Å². The van der Waals surface area contributed by atoms with Crippen molar-refractivity contribution in [2.75, 3.05) is 36.9 Å². The number of rotatable bonds is 2. The minimum Gasteiger partial charge on any atom is -0.383 e. The fraction of sp³-hybridized carbons (Fsp3) is 0.462. The van der Waals surface area contributed by atoms with Crippen LogP contribution in [0.5, 0.6) is 0 Å². The van der Waals surface area contributed by atoms with Gasteiger partial charge in [0, 0.05) is 13.1 Å². The predicted molar refractivity (Wildman–Crippen MR) is 95.3 cm³/mol. The van der Waals surface area contributed by atoms with Crippen molar-refractivity contribution < 1.29 is 8.42 Å². The van der Waals surface area contributed by atoms with Crippen molar-refractivity contribution in [2.24, 2.45) is 0 Å². The summed E-state index contributed by atoms with van der Waals surface area (Å²) in [5, 5.41) is 5.13. The predicted octanol–water partition coefficient (Wildman–Crippen LogP) is -0.253. The highest BCUT2D eigenvalue weighted by atomic mass is 127. The number of aromatic nitrogens is 4. The Kier molecular flexibility index (Phi) is 4.69. The maximum atomic E-state index is 11.4. The van der Waals surface area contributed by atoms with Crippen LogP contribution in [0, 0.1) is 15.5 Å². The van der Waals surface area contributed by atoms with Crippen LogP contribution in [0.2, 0.25) is 0 Å². The van der Waals surface area contributed by atoms with Crippen molar-refractivity contribution in [3.8, 4) is 11.8 Å². The quantitative estimate of drug-likeness (QED) is 0.501. The monoisotopic (exact) mass is 446 g/mol. The van der Waals surface area contributed by atoms with Gasteiger partial charge in [-0.05, 0) is 22.6 Å². The summed E-state index contributed by atoms with van der Waals surface area (Å²) < 4.78 is 25.2. The molecule has 3 rings (SSSR count). The fourth-order valence-corrected chi connectivity index (χ4v) is 4.36. The average Bonchev–Trinajstić information content (AvgIpc) is 2.83. The van der Waals surface area contributed by atoms with Gasteiger partial charge in [0.1, 0.15) is 22.4 Å². The molecule has 122 valence electrons. The molecule has 3 heterocycles. The molecule has 8 nitrogen and oxygen atoms in total. The summed E-state index contributed by atoms with van der Waals surface area (Å²) >= 11 is 2.10. The van der Waals surface area contributed by atoms with Crippen molar-refractivity contribution in [3.05, 3.63) is 10.0 Å². The van der Waals surface area contributed by atoms with Gasteiger partial charge in [-0.15, -0.1) is 0 Å². The van der Waals surface area contributed by atoms with E-state index < -0.39 is 9.84 Å². The summed E-state index contributed by atoms with van der Waals surface area (Å²) in [6, 6.07) is 0. The molecule has 1 saturated heterocycles. The highest BCUT2D eigenvalue weighted by molar-refractivity contribution is 14.1. The average molecular weight is 446 g/mol. The van der Waals surface area contributed by atoms with E-state index in [2.05, 4.69) is 49.5 Å². The van der Waals surface area contributed by atoms with E-state index in [1.165, 1.54) is 6.33 Å². The van der Waals surface area contributed by atoms with Crippen LogP contribution >= 0.6 is 22.6 Å². The molecule has 0 amide bonds. The van der Waals surface area contributed by atoms with Gasteiger partial charge in [-0.25, -0.2) is 23.1 Å². The van der Waals surface area contributed by atoms with E-state index in [9.17, 15) is 8.42 Å². The summed E-state index contributed by atoms with van der Waals surface area (Å²) in [6.45, 7) is 2.05. The Balaban J connectivity index is 1.65. The van der Waals surface area contributed by atoms with Gasteiger partial charge >= 0.3 is 0 Å². The molecular weight excluding hydrogens is 431 g/mol. The molecule has 2 aromatic heterocycles. The number of hydrogen-bond donors (Lipinski definition) is 1. The molecule has 1 aliphatic heterocycles. The molecular formula is C13H15IN6O2S. The Labute approximate surface area is 147 Å². The first-order valence-electron chi connectivity index (χ1n) is 6.97. The number of nitrogen functional groups attached to an aromatic ring is 1. The first-order chi connectivity index (χ1) is 11.0. The third kappa shape index (κ3) is 3.73. The molecule has 10 heteroatoms. The summed E-state index contributed by atoms with van der Waals surface area (Å²) in [5.41, 5.74) is 6.51. The SMILES string of the molecule is Nc1ncnc2c1c(I)nn2CC#CCN1CCS(=O)(=O)CC1.